The lowest BCUT2D eigenvalue weighted by molar-refractivity contribution is -0.131. The van der Waals surface area contributed by atoms with E-state index in [1.165, 1.54) is 6.42 Å². The Morgan fingerprint density at radius 2 is 1.90 bits per heavy atom. The van der Waals surface area contributed by atoms with Crippen LogP contribution in [0, 0.1) is 0 Å². The van der Waals surface area contributed by atoms with Gasteiger partial charge in [0.15, 0.2) is 0 Å². The quantitative estimate of drug-likeness (QED) is 0.857. The van der Waals surface area contributed by atoms with Gasteiger partial charge in [-0.15, -0.1) is 0 Å². The summed E-state index contributed by atoms with van der Waals surface area (Å²) in [6.45, 7) is 4.17. The summed E-state index contributed by atoms with van der Waals surface area (Å²) in [5.74, 6) is 0.133. The van der Waals surface area contributed by atoms with Crippen molar-refractivity contribution in [3.05, 3.63) is 35.9 Å². The van der Waals surface area contributed by atoms with Crippen LogP contribution < -0.4 is 5.32 Å². The van der Waals surface area contributed by atoms with E-state index in [1.54, 1.807) is 6.92 Å². The Bertz CT molecular complexity index is 425. The smallest absolute Gasteiger partial charge is 0.236 e. The van der Waals surface area contributed by atoms with Crippen molar-refractivity contribution in [2.75, 3.05) is 26.2 Å². The molecule has 2 rings (SSSR count). The van der Waals surface area contributed by atoms with Gasteiger partial charge in [0.1, 0.15) is 0 Å². The molecule has 20 heavy (non-hydrogen) atoms. The van der Waals surface area contributed by atoms with Gasteiger partial charge >= 0.3 is 0 Å². The fourth-order valence-corrected chi connectivity index (χ4v) is 2.57. The number of hydrogen-bond donors (Lipinski definition) is 2. The summed E-state index contributed by atoms with van der Waals surface area (Å²) in [7, 11) is 0. The number of piperidine rings is 1. The van der Waals surface area contributed by atoms with Crippen molar-refractivity contribution in [2.45, 2.75) is 31.8 Å². The van der Waals surface area contributed by atoms with Crippen LogP contribution in [0.2, 0.25) is 0 Å². The fraction of sp³-hybridized carbons (Fsp3) is 0.562. The van der Waals surface area contributed by atoms with Gasteiger partial charge in [0.25, 0.3) is 0 Å². The van der Waals surface area contributed by atoms with Gasteiger partial charge < -0.3 is 15.3 Å². The van der Waals surface area contributed by atoms with Crippen molar-refractivity contribution in [3.63, 3.8) is 0 Å². The van der Waals surface area contributed by atoms with Gasteiger partial charge in [0.05, 0.1) is 12.1 Å². The highest BCUT2D eigenvalue weighted by Gasteiger charge is 2.23. The Morgan fingerprint density at radius 3 is 2.55 bits per heavy atom. The minimum atomic E-state index is -0.955. The number of rotatable bonds is 5. The second kappa shape index (κ2) is 6.86. The zero-order valence-electron chi connectivity index (χ0n) is 12.1. The van der Waals surface area contributed by atoms with Crippen LogP contribution in [0.1, 0.15) is 31.7 Å². The van der Waals surface area contributed by atoms with Crippen molar-refractivity contribution in [1.29, 1.82) is 0 Å². The molecule has 1 atom stereocenters. The average Bonchev–Trinajstić information content (AvgIpc) is 2.49. The highest BCUT2D eigenvalue weighted by molar-refractivity contribution is 5.78. The summed E-state index contributed by atoms with van der Waals surface area (Å²) in [6.07, 6.45) is 3.43. The van der Waals surface area contributed by atoms with Gasteiger partial charge in [0, 0.05) is 19.6 Å². The van der Waals surface area contributed by atoms with Gasteiger partial charge in [-0.3, -0.25) is 4.79 Å². The van der Waals surface area contributed by atoms with Crippen LogP contribution in [0.25, 0.3) is 0 Å². The Labute approximate surface area is 120 Å². The maximum Gasteiger partial charge on any atom is 0.236 e. The number of carbonyl (C=O) groups is 1. The lowest BCUT2D eigenvalue weighted by Gasteiger charge is -2.28. The first kappa shape index (κ1) is 15.0. The summed E-state index contributed by atoms with van der Waals surface area (Å²) in [5, 5.41) is 13.5. The summed E-state index contributed by atoms with van der Waals surface area (Å²) >= 11 is 0. The molecule has 1 aromatic carbocycles. The highest BCUT2D eigenvalue weighted by atomic mass is 16.3. The van der Waals surface area contributed by atoms with Crippen LogP contribution in [-0.4, -0.2) is 42.1 Å². The Hall–Kier alpha value is -1.39. The molecule has 4 nitrogen and oxygen atoms in total. The molecule has 1 heterocycles. The predicted octanol–water partition coefficient (Wildman–Crippen LogP) is 1.50. The van der Waals surface area contributed by atoms with Crippen molar-refractivity contribution in [1.82, 2.24) is 10.2 Å². The van der Waals surface area contributed by atoms with E-state index in [1.807, 2.05) is 35.2 Å². The van der Waals surface area contributed by atoms with Crippen LogP contribution in [0.5, 0.6) is 0 Å². The average molecular weight is 276 g/mol. The molecule has 1 aliphatic rings. The minimum Gasteiger partial charge on any atom is -0.384 e. The first-order valence-corrected chi connectivity index (χ1v) is 7.36. The molecule has 0 aromatic heterocycles. The van der Waals surface area contributed by atoms with Crippen molar-refractivity contribution in [2.24, 2.45) is 0 Å². The number of hydrogen-bond acceptors (Lipinski definition) is 3. The summed E-state index contributed by atoms with van der Waals surface area (Å²) < 4.78 is 0. The number of likely N-dealkylation sites (tertiary alicyclic amines) is 1. The zero-order valence-corrected chi connectivity index (χ0v) is 12.1. The molecule has 110 valence electrons. The molecule has 0 bridgehead atoms. The third-order valence-electron chi connectivity index (χ3n) is 3.85. The molecule has 0 radical (unpaired) electrons. The molecule has 1 saturated heterocycles. The van der Waals surface area contributed by atoms with E-state index in [2.05, 4.69) is 5.32 Å². The molecule has 1 aromatic rings. The van der Waals surface area contributed by atoms with Crippen LogP contribution in [0.3, 0.4) is 0 Å². The van der Waals surface area contributed by atoms with Crippen molar-refractivity contribution in [3.8, 4) is 0 Å². The topological polar surface area (TPSA) is 52.6 Å². The number of benzene rings is 1. The second-order valence-electron chi connectivity index (χ2n) is 5.68. The summed E-state index contributed by atoms with van der Waals surface area (Å²) in [4.78, 5) is 13.9. The molecule has 0 spiro atoms. The Balaban J connectivity index is 1.78. The molecule has 1 aliphatic heterocycles. The van der Waals surface area contributed by atoms with E-state index >= 15 is 0 Å². The highest BCUT2D eigenvalue weighted by Crippen LogP contribution is 2.18. The van der Waals surface area contributed by atoms with Gasteiger partial charge in [0.2, 0.25) is 5.91 Å². The molecule has 0 aliphatic carbocycles. The number of nitrogens with one attached hydrogen (secondary N) is 1. The molecular formula is C16H24N2O2. The maximum atomic E-state index is 12.0. The number of amides is 1. The minimum absolute atomic E-state index is 0.133. The van der Waals surface area contributed by atoms with Crippen LogP contribution in [0.15, 0.2) is 30.3 Å². The monoisotopic (exact) mass is 276 g/mol. The molecule has 2 N–H and O–H groups in total. The van der Waals surface area contributed by atoms with Crippen molar-refractivity contribution >= 4 is 5.91 Å². The van der Waals surface area contributed by atoms with Crippen LogP contribution in [-0.2, 0) is 10.4 Å². The molecule has 1 fully saturated rings. The molecular weight excluding hydrogens is 252 g/mol. The predicted molar refractivity (Wildman–Crippen MR) is 79.3 cm³/mol. The summed E-state index contributed by atoms with van der Waals surface area (Å²) in [6, 6.07) is 9.53. The third-order valence-corrected chi connectivity index (χ3v) is 3.85. The Kier molecular flexibility index (Phi) is 5.15. The van der Waals surface area contributed by atoms with Gasteiger partial charge in [-0.05, 0) is 31.7 Å². The molecule has 1 amide bonds. The van der Waals surface area contributed by atoms with E-state index in [-0.39, 0.29) is 5.91 Å². The van der Waals surface area contributed by atoms with E-state index < -0.39 is 5.60 Å². The first-order valence-electron chi connectivity index (χ1n) is 7.36. The number of nitrogens with zero attached hydrogens (tertiary/aromatic N) is 1. The fourth-order valence-electron chi connectivity index (χ4n) is 2.57. The van der Waals surface area contributed by atoms with E-state index in [0.29, 0.717) is 13.1 Å². The van der Waals surface area contributed by atoms with Crippen LogP contribution in [0.4, 0.5) is 0 Å². The van der Waals surface area contributed by atoms with E-state index in [9.17, 15) is 9.90 Å². The summed E-state index contributed by atoms with van der Waals surface area (Å²) in [5.41, 5.74) is -0.0957. The van der Waals surface area contributed by atoms with E-state index in [4.69, 9.17) is 0 Å². The standard InChI is InChI=1S/C16H24N2O2/c1-16(20,14-8-4-2-5-9-14)13-17-12-15(19)18-10-6-3-7-11-18/h2,4-5,8-9,17,20H,3,6-7,10-13H2,1H3. The van der Waals surface area contributed by atoms with Gasteiger partial charge in [-0.1, -0.05) is 30.3 Å². The lowest BCUT2D eigenvalue weighted by Crippen LogP contribution is -2.44. The molecule has 1 unspecified atom stereocenters. The van der Waals surface area contributed by atoms with Gasteiger partial charge in [-0.25, -0.2) is 0 Å². The third kappa shape index (κ3) is 4.05. The van der Waals surface area contributed by atoms with Crippen LogP contribution >= 0.6 is 0 Å². The number of aliphatic hydroxyl groups is 1. The normalized spacial score (nSPS) is 18.6. The lowest BCUT2D eigenvalue weighted by atomic mass is 9.96. The molecule has 0 saturated carbocycles. The zero-order chi connectivity index (χ0) is 14.4. The first-order chi connectivity index (χ1) is 9.59. The Morgan fingerprint density at radius 1 is 1.25 bits per heavy atom. The maximum absolute atomic E-state index is 12.0. The van der Waals surface area contributed by atoms with Gasteiger partial charge in [-0.2, -0.15) is 0 Å². The largest absolute Gasteiger partial charge is 0.384 e. The molecule has 4 heteroatoms. The second-order valence-corrected chi connectivity index (χ2v) is 5.68. The van der Waals surface area contributed by atoms with Crippen molar-refractivity contribution < 1.29 is 9.90 Å². The SMILES string of the molecule is CC(O)(CNCC(=O)N1CCCCC1)c1ccccc1. The van der Waals surface area contributed by atoms with E-state index in [0.717, 1.165) is 31.5 Å². The number of carbonyl (C=O) groups excluding carboxylic acids is 1.